The first-order chi connectivity index (χ1) is 8.34. The largest absolute Gasteiger partial charge is 0.336 e. The van der Waals surface area contributed by atoms with Gasteiger partial charge in [0.25, 0.3) is 0 Å². The van der Waals surface area contributed by atoms with Crippen LogP contribution < -0.4 is 5.32 Å². The SMILES string of the molecule is CCC(NC(Cn1ccnc1)C(C)(C)C)C(C)C. The summed E-state index contributed by atoms with van der Waals surface area (Å²) in [6.45, 7) is 14.7. The van der Waals surface area contributed by atoms with E-state index in [1.54, 1.807) is 0 Å². The van der Waals surface area contributed by atoms with Crippen LogP contribution in [0, 0.1) is 11.3 Å². The number of aromatic nitrogens is 2. The van der Waals surface area contributed by atoms with Crippen LogP contribution in [0.1, 0.15) is 48.0 Å². The maximum absolute atomic E-state index is 4.13. The van der Waals surface area contributed by atoms with Crippen molar-refractivity contribution in [2.75, 3.05) is 0 Å². The molecule has 18 heavy (non-hydrogen) atoms. The number of nitrogens with one attached hydrogen (secondary N) is 1. The van der Waals surface area contributed by atoms with Crippen LogP contribution in [-0.4, -0.2) is 21.6 Å². The van der Waals surface area contributed by atoms with Gasteiger partial charge in [-0.1, -0.05) is 41.5 Å². The molecule has 3 heteroatoms. The van der Waals surface area contributed by atoms with Gasteiger partial charge in [-0.25, -0.2) is 4.98 Å². The van der Waals surface area contributed by atoms with Crippen molar-refractivity contribution in [1.82, 2.24) is 14.9 Å². The molecule has 1 aromatic rings. The fourth-order valence-electron chi connectivity index (χ4n) is 2.22. The first kappa shape index (κ1) is 15.2. The summed E-state index contributed by atoms with van der Waals surface area (Å²) in [5.41, 5.74) is 0.243. The number of nitrogens with zero attached hydrogens (tertiary/aromatic N) is 2. The van der Waals surface area contributed by atoms with E-state index in [2.05, 4.69) is 56.4 Å². The lowest BCUT2D eigenvalue weighted by Crippen LogP contribution is -2.49. The highest BCUT2D eigenvalue weighted by molar-refractivity contribution is 4.87. The molecule has 0 aliphatic carbocycles. The zero-order valence-electron chi connectivity index (χ0n) is 12.8. The average Bonchev–Trinajstić information content (AvgIpc) is 2.74. The molecule has 0 aromatic carbocycles. The maximum atomic E-state index is 4.13. The van der Waals surface area contributed by atoms with Crippen LogP contribution in [-0.2, 0) is 6.54 Å². The second-order valence-corrected chi connectivity index (χ2v) is 6.60. The van der Waals surface area contributed by atoms with Crippen molar-refractivity contribution in [2.45, 2.75) is 66.6 Å². The highest BCUT2D eigenvalue weighted by atomic mass is 15.1. The Hall–Kier alpha value is -0.830. The molecule has 2 atom stereocenters. The average molecular weight is 251 g/mol. The molecule has 3 nitrogen and oxygen atoms in total. The van der Waals surface area contributed by atoms with E-state index in [1.165, 1.54) is 6.42 Å². The van der Waals surface area contributed by atoms with Gasteiger partial charge in [-0.05, 0) is 17.8 Å². The van der Waals surface area contributed by atoms with Gasteiger partial charge in [0.1, 0.15) is 0 Å². The molecule has 104 valence electrons. The highest BCUT2D eigenvalue weighted by Crippen LogP contribution is 2.22. The molecule has 1 aromatic heterocycles. The predicted molar refractivity (Wildman–Crippen MR) is 77.5 cm³/mol. The standard InChI is InChI=1S/C15H29N3/c1-7-13(12(2)3)17-14(15(4,5)6)10-18-9-8-16-11-18/h8-9,11-14,17H,7,10H2,1-6H3. The molecule has 0 amide bonds. The Labute approximate surface area is 112 Å². The molecule has 0 spiro atoms. The van der Waals surface area contributed by atoms with Crippen molar-refractivity contribution in [2.24, 2.45) is 11.3 Å². The molecule has 1 rings (SSSR count). The van der Waals surface area contributed by atoms with E-state index in [1.807, 2.05) is 18.7 Å². The summed E-state index contributed by atoms with van der Waals surface area (Å²) in [6.07, 6.45) is 6.96. The van der Waals surface area contributed by atoms with E-state index in [4.69, 9.17) is 0 Å². The fourth-order valence-corrected chi connectivity index (χ4v) is 2.22. The number of hydrogen-bond acceptors (Lipinski definition) is 2. The van der Waals surface area contributed by atoms with Crippen molar-refractivity contribution < 1.29 is 0 Å². The third-order valence-corrected chi connectivity index (χ3v) is 3.66. The Balaban J connectivity index is 2.73. The molecule has 2 unspecified atom stereocenters. The second kappa shape index (κ2) is 6.37. The van der Waals surface area contributed by atoms with E-state index in [0.717, 1.165) is 6.54 Å². The summed E-state index contributed by atoms with van der Waals surface area (Å²) < 4.78 is 2.16. The Morgan fingerprint density at radius 2 is 1.94 bits per heavy atom. The summed E-state index contributed by atoms with van der Waals surface area (Å²) in [6, 6.07) is 1.04. The molecule has 0 fully saturated rings. The molecule has 0 saturated carbocycles. The summed E-state index contributed by atoms with van der Waals surface area (Å²) in [4.78, 5) is 4.13. The van der Waals surface area contributed by atoms with E-state index >= 15 is 0 Å². The maximum Gasteiger partial charge on any atom is 0.0946 e. The smallest absolute Gasteiger partial charge is 0.0946 e. The molecule has 0 aliphatic rings. The topological polar surface area (TPSA) is 29.9 Å². The van der Waals surface area contributed by atoms with Crippen LogP contribution in [0.15, 0.2) is 18.7 Å². The van der Waals surface area contributed by atoms with Gasteiger partial charge >= 0.3 is 0 Å². The first-order valence-electron chi connectivity index (χ1n) is 7.06. The molecule has 1 heterocycles. The summed E-state index contributed by atoms with van der Waals surface area (Å²) in [7, 11) is 0. The van der Waals surface area contributed by atoms with Gasteiger partial charge in [-0.3, -0.25) is 0 Å². The lowest BCUT2D eigenvalue weighted by atomic mass is 9.85. The molecule has 0 bridgehead atoms. The van der Waals surface area contributed by atoms with E-state index in [-0.39, 0.29) is 5.41 Å². The van der Waals surface area contributed by atoms with Gasteiger partial charge in [-0.15, -0.1) is 0 Å². The summed E-state index contributed by atoms with van der Waals surface area (Å²) >= 11 is 0. The molecule has 1 N–H and O–H groups in total. The third-order valence-electron chi connectivity index (χ3n) is 3.66. The van der Waals surface area contributed by atoms with Crippen LogP contribution in [0.25, 0.3) is 0 Å². The van der Waals surface area contributed by atoms with Gasteiger partial charge in [-0.2, -0.15) is 0 Å². The number of hydrogen-bond donors (Lipinski definition) is 1. The minimum Gasteiger partial charge on any atom is -0.336 e. The summed E-state index contributed by atoms with van der Waals surface area (Å²) in [5.74, 6) is 0.669. The lowest BCUT2D eigenvalue weighted by Gasteiger charge is -2.36. The first-order valence-corrected chi connectivity index (χ1v) is 7.06. The van der Waals surface area contributed by atoms with E-state index in [0.29, 0.717) is 18.0 Å². The van der Waals surface area contributed by atoms with Gasteiger partial charge in [0.15, 0.2) is 0 Å². The van der Waals surface area contributed by atoms with Crippen molar-refractivity contribution in [3.8, 4) is 0 Å². The Kier molecular flexibility index (Phi) is 5.39. The monoisotopic (exact) mass is 251 g/mol. The minimum absolute atomic E-state index is 0.243. The Morgan fingerprint density at radius 3 is 2.33 bits per heavy atom. The molecule has 0 radical (unpaired) electrons. The predicted octanol–water partition coefficient (Wildman–Crippen LogP) is 3.32. The van der Waals surface area contributed by atoms with Crippen LogP contribution in [0.2, 0.25) is 0 Å². The van der Waals surface area contributed by atoms with Crippen molar-refractivity contribution in [3.05, 3.63) is 18.7 Å². The second-order valence-electron chi connectivity index (χ2n) is 6.60. The van der Waals surface area contributed by atoms with E-state index in [9.17, 15) is 0 Å². The molecular formula is C15H29N3. The number of rotatable bonds is 6. The summed E-state index contributed by atoms with van der Waals surface area (Å²) in [5, 5.41) is 3.83. The van der Waals surface area contributed by atoms with Crippen molar-refractivity contribution >= 4 is 0 Å². The van der Waals surface area contributed by atoms with Crippen molar-refractivity contribution in [1.29, 1.82) is 0 Å². The quantitative estimate of drug-likeness (QED) is 0.840. The van der Waals surface area contributed by atoms with Gasteiger partial charge in [0.05, 0.1) is 6.33 Å². The molecule has 0 saturated heterocycles. The van der Waals surface area contributed by atoms with Crippen LogP contribution >= 0.6 is 0 Å². The highest BCUT2D eigenvalue weighted by Gasteiger charge is 2.27. The van der Waals surface area contributed by atoms with E-state index < -0.39 is 0 Å². The lowest BCUT2D eigenvalue weighted by molar-refractivity contribution is 0.201. The normalized spacial score (nSPS) is 15.9. The van der Waals surface area contributed by atoms with Crippen LogP contribution in [0.4, 0.5) is 0 Å². The number of imidazole rings is 1. The third kappa shape index (κ3) is 4.45. The van der Waals surface area contributed by atoms with Gasteiger partial charge in [0, 0.05) is 31.0 Å². The zero-order valence-corrected chi connectivity index (χ0v) is 12.8. The fraction of sp³-hybridized carbons (Fsp3) is 0.800. The zero-order chi connectivity index (χ0) is 13.8. The van der Waals surface area contributed by atoms with Crippen LogP contribution in [0.5, 0.6) is 0 Å². The minimum atomic E-state index is 0.243. The Bertz CT molecular complexity index is 322. The van der Waals surface area contributed by atoms with Crippen LogP contribution in [0.3, 0.4) is 0 Å². The Morgan fingerprint density at radius 1 is 1.28 bits per heavy atom. The molecular weight excluding hydrogens is 222 g/mol. The van der Waals surface area contributed by atoms with Gasteiger partial charge < -0.3 is 9.88 Å². The van der Waals surface area contributed by atoms with Gasteiger partial charge in [0.2, 0.25) is 0 Å². The molecule has 0 aliphatic heterocycles. The van der Waals surface area contributed by atoms with Crippen molar-refractivity contribution in [3.63, 3.8) is 0 Å².